The molecule has 1 aromatic heterocycles. The van der Waals surface area contributed by atoms with Gasteiger partial charge in [-0.15, -0.1) is 0 Å². The highest BCUT2D eigenvalue weighted by atomic mass is 35.5. The second kappa shape index (κ2) is 3.69. The summed E-state index contributed by atoms with van der Waals surface area (Å²) in [5.74, 6) is 0.482. The molecule has 0 saturated heterocycles. The maximum atomic E-state index is 8.16. The zero-order valence-corrected chi connectivity index (χ0v) is 6.28. The van der Waals surface area contributed by atoms with Crippen LogP contribution in [0.4, 0.5) is 0 Å². The fourth-order valence-corrected chi connectivity index (χ4v) is 0.618. The highest BCUT2D eigenvalue weighted by molar-refractivity contribution is 6.30. The van der Waals surface area contributed by atoms with Crippen LogP contribution >= 0.6 is 11.6 Å². The normalized spacial score (nSPS) is 9.82. The summed E-state index contributed by atoms with van der Waals surface area (Å²) in [5.41, 5.74) is 0. The van der Waals surface area contributed by atoms with Gasteiger partial charge in [-0.05, 0) is 6.08 Å². The Morgan fingerprint density at radius 3 is 2.64 bits per heavy atom. The topological polar surface area (TPSA) is 49.6 Å². The van der Waals surface area contributed by atoms with Crippen molar-refractivity contribution < 1.29 is 0 Å². The van der Waals surface area contributed by atoms with E-state index in [9.17, 15) is 0 Å². The molecule has 1 heterocycles. The zero-order chi connectivity index (χ0) is 8.10. The fraction of sp³-hybridized carbons (Fsp3) is 0. The van der Waals surface area contributed by atoms with Gasteiger partial charge in [0, 0.05) is 18.5 Å². The van der Waals surface area contributed by atoms with E-state index in [0.29, 0.717) is 10.8 Å². The van der Waals surface area contributed by atoms with Gasteiger partial charge in [-0.25, -0.2) is 9.97 Å². The Balaban J connectivity index is 2.84. The van der Waals surface area contributed by atoms with Gasteiger partial charge in [0.05, 0.1) is 11.1 Å². The lowest BCUT2D eigenvalue weighted by atomic mass is 10.5. The molecule has 0 fully saturated rings. The molecule has 0 bridgehead atoms. The number of aromatic nitrogens is 2. The molecule has 0 aliphatic rings. The number of hydrogen-bond acceptors (Lipinski definition) is 3. The number of allylic oxidation sites excluding steroid dienone is 1. The van der Waals surface area contributed by atoms with Crippen LogP contribution < -0.4 is 0 Å². The Hall–Kier alpha value is -1.40. The number of rotatable bonds is 1. The maximum absolute atomic E-state index is 8.16. The summed E-state index contributed by atoms with van der Waals surface area (Å²) in [4.78, 5) is 7.67. The fourth-order valence-electron chi connectivity index (χ4n) is 0.520. The molecule has 3 nitrogen and oxygen atoms in total. The van der Waals surface area contributed by atoms with Gasteiger partial charge in [0.15, 0.2) is 5.82 Å². The first kappa shape index (κ1) is 7.70. The zero-order valence-electron chi connectivity index (χ0n) is 5.53. The third-order valence-electron chi connectivity index (χ3n) is 0.947. The van der Waals surface area contributed by atoms with Crippen molar-refractivity contribution in [1.82, 2.24) is 9.97 Å². The Kier molecular flexibility index (Phi) is 2.59. The van der Waals surface area contributed by atoms with E-state index in [1.807, 2.05) is 6.07 Å². The Morgan fingerprint density at radius 1 is 1.45 bits per heavy atom. The van der Waals surface area contributed by atoms with Crippen LogP contribution in [0, 0.1) is 11.3 Å². The van der Waals surface area contributed by atoms with Gasteiger partial charge < -0.3 is 0 Å². The molecule has 0 atom stereocenters. The second-order valence-electron chi connectivity index (χ2n) is 1.72. The van der Waals surface area contributed by atoms with Gasteiger partial charge in [0.1, 0.15) is 0 Å². The molecule has 1 aromatic rings. The van der Waals surface area contributed by atoms with Crippen molar-refractivity contribution in [1.29, 1.82) is 5.26 Å². The Bertz CT molecular complexity index is 296. The van der Waals surface area contributed by atoms with E-state index in [2.05, 4.69) is 9.97 Å². The molecular formula is C7H4ClN3. The quantitative estimate of drug-likeness (QED) is 0.595. The van der Waals surface area contributed by atoms with E-state index in [0.717, 1.165) is 0 Å². The highest BCUT2D eigenvalue weighted by Gasteiger charge is 1.88. The van der Waals surface area contributed by atoms with E-state index < -0.39 is 0 Å². The van der Waals surface area contributed by atoms with Gasteiger partial charge >= 0.3 is 0 Å². The molecule has 0 unspecified atom stereocenters. The summed E-state index contributed by atoms with van der Waals surface area (Å²) in [6, 6.07) is 1.84. The first-order chi connectivity index (χ1) is 5.33. The smallest absolute Gasteiger partial charge is 0.152 e. The predicted molar refractivity (Wildman–Crippen MR) is 41.7 cm³/mol. The van der Waals surface area contributed by atoms with Crippen molar-refractivity contribution in [2.45, 2.75) is 0 Å². The summed E-state index contributed by atoms with van der Waals surface area (Å²) < 4.78 is 0. The number of nitrogens with zero attached hydrogens (tertiary/aromatic N) is 3. The molecule has 4 heteroatoms. The summed E-state index contributed by atoms with van der Waals surface area (Å²) in [6.45, 7) is 0. The lowest BCUT2D eigenvalue weighted by Gasteiger charge is -1.88. The van der Waals surface area contributed by atoms with E-state index >= 15 is 0 Å². The minimum absolute atomic E-state index is 0.482. The second-order valence-corrected chi connectivity index (χ2v) is 2.16. The Morgan fingerprint density at radius 2 is 2.09 bits per heavy atom. The van der Waals surface area contributed by atoms with E-state index in [-0.39, 0.29) is 0 Å². The van der Waals surface area contributed by atoms with Gasteiger partial charge in [0.2, 0.25) is 0 Å². The first-order valence-corrected chi connectivity index (χ1v) is 3.24. The van der Waals surface area contributed by atoms with Crippen LogP contribution in [0.5, 0.6) is 0 Å². The lowest BCUT2D eigenvalue weighted by Crippen LogP contribution is -1.83. The lowest BCUT2D eigenvalue weighted by molar-refractivity contribution is 1.13. The largest absolute Gasteiger partial charge is 0.236 e. The summed E-state index contributed by atoms with van der Waals surface area (Å²) in [6.07, 6.45) is 5.77. The molecule has 0 aliphatic carbocycles. The molecule has 0 aliphatic heterocycles. The van der Waals surface area contributed by atoms with Gasteiger partial charge in [0.25, 0.3) is 0 Å². The summed E-state index contributed by atoms with van der Waals surface area (Å²) in [5, 5.41) is 8.65. The van der Waals surface area contributed by atoms with Gasteiger partial charge in [-0.1, -0.05) is 11.6 Å². The van der Waals surface area contributed by atoms with Crippen molar-refractivity contribution in [3.63, 3.8) is 0 Å². The van der Waals surface area contributed by atoms with Crippen LogP contribution in [0.1, 0.15) is 5.82 Å². The minimum atomic E-state index is 0.482. The van der Waals surface area contributed by atoms with E-state index in [4.69, 9.17) is 16.9 Å². The van der Waals surface area contributed by atoms with Crippen molar-refractivity contribution in [2.75, 3.05) is 0 Å². The van der Waals surface area contributed by atoms with Crippen LogP contribution in [-0.4, -0.2) is 9.97 Å². The predicted octanol–water partition coefficient (Wildman–Crippen LogP) is 1.67. The average Bonchev–Trinajstić information content (AvgIpc) is 2.04. The third-order valence-corrected chi connectivity index (χ3v) is 1.14. The van der Waals surface area contributed by atoms with Crippen molar-refractivity contribution in [3.8, 4) is 6.07 Å². The molecule has 54 valence electrons. The van der Waals surface area contributed by atoms with E-state index in [1.165, 1.54) is 24.5 Å². The first-order valence-electron chi connectivity index (χ1n) is 2.86. The van der Waals surface area contributed by atoms with Gasteiger partial charge in [-0.3, -0.25) is 0 Å². The van der Waals surface area contributed by atoms with Gasteiger partial charge in [-0.2, -0.15) is 5.26 Å². The van der Waals surface area contributed by atoms with Crippen molar-refractivity contribution >= 4 is 17.7 Å². The molecular weight excluding hydrogens is 162 g/mol. The molecule has 0 amide bonds. The monoisotopic (exact) mass is 165 g/mol. The van der Waals surface area contributed by atoms with Crippen LogP contribution in [0.15, 0.2) is 18.5 Å². The SMILES string of the molecule is N#CC=Cc1ncc(Cl)cn1. The van der Waals surface area contributed by atoms with Crippen LogP contribution in [-0.2, 0) is 0 Å². The minimum Gasteiger partial charge on any atom is -0.236 e. The molecule has 0 N–H and O–H groups in total. The number of nitriles is 1. The Labute approximate surface area is 69.0 Å². The third kappa shape index (κ3) is 2.36. The van der Waals surface area contributed by atoms with Crippen molar-refractivity contribution in [3.05, 3.63) is 29.3 Å². The standard InChI is InChI=1S/C7H4ClN3/c8-6-4-10-7(11-5-6)2-1-3-9/h1-2,4-5H. The molecule has 0 spiro atoms. The average molecular weight is 166 g/mol. The summed E-state index contributed by atoms with van der Waals surface area (Å²) in [7, 11) is 0. The maximum Gasteiger partial charge on any atom is 0.152 e. The highest BCUT2D eigenvalue weighted by Crippen LogP contribution is 2.03. The molecule has 1 rings (SSSR count). The summed E-state index contributed by atoms with van der Waals surface area (Å²) >= 11 is 5.53. The number of halogens is 1. The molecule has 0 saturated carbocycles. The number of hydrogen-bond donors (Lipinski definition) is 0. The molecule has 0 aromatic carbocycles. The van der Waals surface area contributed by atoms with Crippen LogP contribution in [0.25, 0.3) is 6.08 Å². The molecule has 0 radical (unpaired) electrons. The van der Waals surface area contributed by atoms with Crippen molar-refractivity contribution in [2.24, 2.45) is 0 Å². The molecule has 11 heavy (non-hydrogen) atoms. The van der Waals surface area contributed by atoms with Crippen LogP contribution in [0.3, 0.4) is 0 Å². The van der Waals surface area contributed by atoms with E-state index in [1.54, 1.807) is 0 Å². The van der Waals surface area contributed by atoms with Crippen LogP contribution in [0.2, 0.25) is 5.02 Å².